The molecular weight excluding hydrogens is 370 g/mol. The molecular formula is C22H23N3O2S. The number of anilines is 1. The van der Waals surface area contributed by atoms with Crippen molar-refractivity contribution in [1.29, 1.82) is 0 Å². The molecule has 0 aliphatic carbocycles. The molecule has 1 aliphatic heterocycles. The number of nitrogens with one attached hydrogen (secondary N) is 2. The summed E-state index contributed by atoms with van der Waals surface area (Å²) in [6.07, 6.45) is 1.95. The normalized spacial score (nSPS) is 13.5. The molecule has 2 N–H and O–H groups in total. The zero-order valence-electron chi connectivity index (χ0n) is 16.0. The molecule has 1 aromatic heterocycles. The molecule has 144 valence electrons. The molecule has 28 heavy (non-hydrogen) atoms. The smallest absolute Gasteiger partial charge is 0.257 e. The van der Waals surface area contributed by atoms with E-state index in [-0.39, 0.29) is 5.91 Å². The number of hydrogen-bond acceptors (Lipinski definition) is 5. The average Bonchev–Trinajstić information content (AvgIpc) is 3.03. The van der Waals surface area contributed by atoms with Gasteiger partial charge in [0, 0.05) is 16.5 Å². The molecule has 0 saturated carbocycles. The summed E-state index contributed by atoms with van der Waals surface area (Å²) in [6.45, 7) is 3.97. The maximum absolute atomic E-state index is 12.7. The molecule has 1 aliphatic rings. The minimum atomic E-state index is -0.128. The van der Waals surface area contributed by atoms with E-state index in [2.05, 4.69) is 21.7 Å². The first kappa shape index (κ1) is 18.7. The van der Waals surface area contributed by atoms with Crippen LogP contribution in [0, 0.1) is 6.92 Å². The molecule has 2 heterocycles. The molecule has 2 aromatic carbocycles. The quantitative estimate of drug-likeness (QED) is 0.701. The van der Waals surface area contributed by atoms with Crippen molar-refractivity contribution in [2.45, 2.75) is 19.8 Å². The highest BCUT2D eigenvalue weighted by molar-refractivity contribution is 7.14. The van der Waals surface area contributed by atoms with Crippen LogP contribution in [0.25, 0.3) is 11.3 Å². The van der Waals surface area contributed by atoms with Gasteiger partial charge in [0.2, 0.25) is 0 Å². The van der Waals surface area contributed by atoms with Crippen molar-refractivity contribution in [3.05, 3.63) is 64.0 Å². The van der Waals surface area contributed by atoms with Crippen LogP contribution in [-0.2, 0) is 12.8 Å². The molecule has 4 rings (SSSR count). The number of fused-ring (bicyclic) bond motifs is 1. The average molecular weight is 394 g/mol. The van der Waals surface area contributed by atoms with E-state index in [1.165, 1.54) is 22.5 Å². The third-order valence-electron chi connectivity index (χ3n) is 4.97. The number of rotatable bonds is 4. The standard InChI is InChI=1S/C22H23N3O2S/c1-14-3-6-20(27-2)18(11-14)19-13-28-22(24-19)25-21(26)17-5-4-15-7-9-23-10-8-16(15)12-17/h3-6,11-13,23H,7-10H2,1-2H3,(H,24,25,26). The number of nitrogens with zero attached hydrogens (tertiary/aromatic N) is 1. The number of thiazole rings is 1. The summed E-state index contributed by atoms with van der Waals surface area (Å²) in [5.74, 6) is 0.644. The fraction of sp³-hybridized carbons (Fsp3) is 0.273. The maximum atomic E-state index is 12.7. The van der Waals surface area contributed by atoms with Gasteiger partial charge in [-0.25, -0.2) is 4.98 Å². The van der Waals surface area contributed by atoms with Gasteiger partial charge in [0.05, 0.1) is 12.8 Å². The predicted molar refractivity (Wildman–Crippen MR) is 114 cm³/mol. The van der Waals surface area contributed by atoms with E-state index in [1.54, 1.807) is 7.11 Å². The summed E-state index contributed by atoms with van der Waals surface area (Å²) in [5, 5.41) is 8.85. The van der Waals surface area contributed by atoms with E-state index in [0.717, 1.165) is 48.5 Å². The minimum absolute atomic E-state index is 0.128. The second kappa shape index (κ2) is 8.12. The number of hydrogen-bond donors (Lipinski definition) is 2. The van der Waals surface area contributed by atoms with Gasteiger partial charge in [-0.05, 0) is 68.2 Å². The Morgan fingerprint density at radius 3 is 2.79 bits per heavy atom. The van der Waals surface area contributed by atoms with Crippen molar-refractivity contribution in [2.24, 2.45) is 0 Å². The Morgan fingerprint density at radius 1 is 1.14 bits per heavy atom. The first-order valence-corrected chi connectivity index (χ1v) is 10.3. The zero-order chi connectivity index (χ0) is 19.5. The fourth-order valence-electron chi connectivity index (χ4n) is 3.46. The Bertz CT molecular complexity index is 1010. The number of carbonyl (C=O) groups excluding carboxylic acids is 1. The Hall–Kier alpha value is -2.70. The van der Waals surface area contributed by atoms with Gasteiger partial charge in [-0.15, -0.1) is 11.3 Å². The molecule has 0 fully saturated rings. The van der Waals surface area contributed by atoms with E-state index in [4.69, 9.17) is 4.74 Å². The summed E-state index contributed by atoms with van der Waals surface area (Å²) in [6, 6.07) is 12.0. The van der Waals surface area contributed by atoms with E-state index >= 15 is 0 Å². The fourth-order valence-corrected chi connectivity index (χ4v) is 4.17. The number of aromatic nitrogens is 1. The molecule has 5 nitrogen and oxygen atoms in total. The molecule has 3 aromatic rings. The highest BCUT2D eigenvalue weighted by Crippen LogP contribution is 2.33. The van der Waals surface area contributed by atoms with Crippen LogP contribution in [0.4, 0.5) is 5.13 Å². The molecule has 0 unspecified atom stereocenters. The second-order valence-corrected chi connectivity index (χ2v) is 7.79. The zero-order valence-corrected chi connectivity index (χ0v) is 16.9. The molecule has 0 atom stereocenters. The maximum Gasteiger partial charge on any atom is 0.257 e. The summed E-state index contributed by atoms with van der Waals surface area (Å²) < 4.78 is 5.45. The van der Waals surface area contributed by atoms with Crippen LogP contribution in [0.5, 0.6) is 5.75 Å². The van der Waals surface area contributed by atoms with Crippen LogP contribution >= 0.6 is 11.3 Å². The van der Waals surface area contributed by atoms with Gasteiger partial charge in [-0.2, -0.15) is 0 Å². The number of aryl methyl sites for hydroxylation is 1. The Balaban J connectivity index is 1.54. The number of ether oxygens (including phenoxy) is 1. The summed E-state index contributed by atoms with van der Waals surface area (Å²) in [4.78, 5) is 17.3. The van der Waals surface area contributed by atoms with Gasteiger partial charge >= 0.3 is 0 Å². The molecule has 0 radical (unpaired) electrons. The van der Waals surface area contributed by atoms with Gasteiger partial charge in [0.1, 0.15) is 5.75 Å². The number of methoxy groups -OCH3 is 1. The van der Waals surface area contributed by atoms with Crippen LogP contribution in [0.3, 0.4) is 0 Å². The number of amides is 1. The molecule has 0 spiro atoms. The number of carbonyl (C=O) groups is 1. The van der Waals surface area contributed by atoms with Gasteiger partial charge in [-0.3, -0.25) is 10.1 Å². The van der Waals surface area contributed by atoms with Crippen LogP contribution in [0.2, 0.25) is 0 Å². The summed E-state index contributed by atoms with van der Waals surface area (Å²) >= 11 is 1.42. The lowest BCUT2D eigenvalue weighted by atomic mass is 10.00. The van der Waals surface area contributed by atoms with Crippen molar-refractivity contribution < 1.29 is 9.53 Å². The molecule has 0 saturated heterocycles. The molecule has 1 amide bonds. The van der Waals surface area contributed by atoms with Gasteiger partial charge in [-0.1, -0.05) is 17.7 Å². The highest BCUT2D eigenvalue weighted by atomic mass is 32.1. The van der Waals surface area contributed by atoms with Gasteiger partial charge in [0.15, 0.2) is 5.13 Å². The van der Waals surface area contributed by atoms with E-state index in [1.807, 2.05) is 42.6 Å². The lowest BCUT2D eigenvalue weighted by Crippen LogP contribution is -2.16. The third kappa shape index (κ3) is 3.93. The first-order valence-electron chi connectivity index (χ1n) is 9.38. The second-order valence-electron chi connectivity index (χ2n) is 6.93. The van der Waals surface area contributed by atoms with E-state index in [0.29, 0.717) is 10.7 Å². The summed E-state index contributed by atoms with van der Waals surface area (Å²) in [5.41, 5.74) is 6.11. The van der Waals surface area contributed by atoms with E-state index < -0.39 is 0 Å². The Morgan fingerprint density at radius 2 is 1.96 bits per heavy atom. The van der Waals surface area contributed by atoms with Crippen LogP contribution in [-0.4, -0.2) is 31.1 Å². The predicted octanol–water partition coefficient (Wildman–Crippen LogP) is 4.07. The largest absolute Gasteiger partial charge is 0.496 e. The van der Waals surface area contributed by atoms with Crippen molar-refractivity contribution in [3.63, 3.8) is 0 Å². The van der Waals surface area contributed by atoms with Crippen molar-refractivity contribution in [2.75, 3.05) is 25.5 Å². The SMILES string of the molecule is COc1ccc(C)cc1-c1csc(NC(=O)c2ccc3c(c2)CCNCC3)n1. The number of benzene rings is 2. The van der Waals surface area contributed by atoms with Crippen molar-refractivity contribution >= 4 is 22.4 Å². The Labute approximate surface area is 168 Å². The third-order valence-corrected chi connectivity index (χ3v) is 5.72. The van der Waals surface area contributed by atoms with Gasteiger partial charge in [0.25, 0.3) is 5.91 Å². The van der Waals surface area contributed by atoms with Crippen molar-refractivity contribution in [3.8, 4) is 17.0 Å². The first-order chi connectivity index (χ1) is 13.6. The van der Waals surface area contributed by atoms with Crippen molar-refractivity contribution in [1.82, 2.24) is 10.3 Å². The van der Waals surface area contributed by atoms with Gasteiger partial charge < -0.3 is 10.1 Å². The summed E-state index contributed by atoms with van der Waals surface area (Å²) in [7, 11) is 1.65. The van der Waals surface area contributed by atoms with Crippen LogP contribution in [0.1, 0.15) is 27.0 Å². The minimum Gasteiger partial charge on any atom is -0.496 e. The van der Waals surface area contributed by atoms with Crippen LogP contribution in [0.15, 0.2) is 41.8 Å². The highest BCUT2D eigenvalue weighted by Gasteiger charge is 2.15. The lowest BCUT2D eigenvalue weighted by molar-refractivity contribution is 0.102. The van der Waals surface area contributed by atoms with E-state index in [9.17, 15) is 4.79 Å². The molecule has 6 heteroatoms. The lowest BCUT2D eigenvalue weighted by Gasteiger charge is -2.08. The Kier molecular flexibility index (Phi) is 5.41. The topological polar surface area (TPSA) is 63.2 Å². The molecule has 0 bridgehead atoms. The van der Waals surface area contributed by atoms with Crippen LogP contribution < -0.4 is 15.4 Å². The monoisotopic (exact) mass is 393 g/mol.